The Morgan fingerprint density at radius 3 is 1.27 bits per heavy atom. The Kier molecular flexibility index (Phi) is 6.57. The van der Waals surface area contributed by atoms with Crippen molar-refractivity contribution in [2.24, 2.45) is 0 Å². The minimum Gasteiger partial charge on any atom is -0.618 e. The summed E-state index contributed by atoms with van der Waals surface area (Å²) in [6, 6.07) is 27.6. The molecule has 0 unspecified atom stereocenters. The van der Waals surface area contributed by atoms with Crippen molar-refractivity contribution in [2.75, 3.05) is 0 Å². The van der Waals surface area contributed by atoms with Crippen LogP contribution in [-0.4, -0.2) is 0 Å². The number of rotatable bonds is 7. The fourth-order valence-corrected chi connectivity index (χ4v) is 5.06. The summed E-state index contributed by atoms with van der Waals surface area (Å²) in [5.74, 6) is 0. The molecule has 30 heavy (non-hydrogen) atoms. The minimum atomic E-state index is 0.546. The summed E-state index contributed by atoms with van der Waals surface area (Å²) >= 11 is 0. The summed E-state index contributed by atoms with van der Waals surface area (Å²) in [5, 5.41) is 25.9. The number of aromatic nitrogens is 2. The zero-order chi connectivity index (χ0) is 20.8. The minimum absolute atomic E-state index is 0.546. The van der Waals surface area contributed by atoms with Gasteiger partial charge in [-0.3, -0.25) is 0 Å². The van der Waals surface area contributed by atoms with Crippen LogP contribution in [0.1, 0.15) is 22.3 Å². The molecule has 0 fully saturated rings. The van der Waals surface area contributed by atoms with Gasteiger partial charge in [0, 0.05) is 57.7 Å². The Morgan fingerprint density at radius 1 is 0.500 bits per heavy atom. The van der Waals surface area contributed by atoms with E-state index in [1.807, 2.05) is 84.9 Å². The van der Waals surface area contributed by atoms with Gasteiger partial charge in [0.05, 0.1) is 0 Å². The molecule has 0 amide bonds. The first-order chi connectivity index (χ1) is 14.7. The van der Waals surface area contributed by atoms with E-state index in [4.69, 9.17) is 0 Å². The average molecular weight is 433 g/mol. The van der Waals surface area contributed by atoms with Crippen LogP contribution in [-0.2, 0) is 12.8 Å². The Labute approximate surface area is 183 Å². The lowest BCUT2D eigenvalue weighted by atomic mass is 10.1. The van der Waals surface area contributed by atoms with Gasteiger partial charge in [0.15, 0.2) is 12.4 Å². The first-order valence-corrected chi connectivity index (χ1v) is 11.7. The van der Waals surface area contributed by atoms with Crippen molar-refractivity contribution in [3.63, 3.8) is 0 Å². The number of pyridine rings is 2. The summed E-state index contributed by atoms with van der Waals surface area (Å²) in [7, 11) is 2.57. The maximum atomic E-state index is 12.4. The summed E-state index contributed by atoms with van der Waals surface area (Å²) < 4.78 is 1.74. The fraction of sp³-hybridized carbons (Fsp3) is 0.0833. The number of benzene rings is 2. The molecule has 0 saturated heterocycles. The lowest BCUT2D eigenvalue weighted by molar-refractivity contribution is -0.646. The second-order valence-electron chi connectivity index (χ2n) is 6.89. The summed E-state index contributed by atoms with van der Waals surface area (Å²) in [6.07, 6.45) is 4.63. The summed E-state index contributed by atoms with van der Waals surface area (Å²) in [5.41, 5.74) is 4.23. The molecule has 0 atom stereocenters. The molecule has 4 rings (SSSR count). The molecule has 2 heterocycles. The van der Waals surface area contributed by atoms with E-state index < -0.39 is 0 Å². The Balaban J connectivity index is 1.39. The van der Waals surface area contributed by atoms with Gasteiger partial charge in [0.1, 0.15) is 0 Å². The van der Waals surface area contributed by atoms with Crippen molar-refractivity contribution in [1.29, 1.82) is 0 Å². The van der Waals surface area contributed by atoms with Crippen LogP contribution >= 0.6 is 21.6 Å². The Bertz CT molecular complexity index is 1030. The van der Waals surface area contributed by atoms with Gasteiger partial charge in [0.2, 0.25) is 0 Å². The van der Waals surface area contributed by atoms with Crippen molar-refractivity contribution < 1.29 is 9.46 Å². The topological polar surface area (TPSA) is 53.9 Å². The highest BCUT2D eigenvalue weighted by Crippen LogP contribution is 2.34. The third-order valence-electron chi connectivity index (χ3n) is 4.60. The number of hydrogen-bond acceptors (Lipinski definition) is 4. The quantitative estimate of drug-likeness (QED) is 0.236. The second kappa shape index (κ2) is 9.69. The van der Waals surface area contributed by atoms with Crippen LogP contribution in [0.15, 0.2) is 107 Å². The van der Waals surface area contributed by atoms with Crippen LogP contribution < -0.4 is 9.46 Å². The van der Waals surface area contributed by atoms with Crippen molar-refractivity contribution in [2.45, 2.75) is 22.9 Å². The van der Waals surface area contributed by atoms with Crippen molar-refractivity contribution in [1.82, 2.24) is 0 Å². The second-order valence-corrected chi connectivity index (χ2v) is 9.06. The standard InChI is InChI=1S/C24H20N2O2S2/c27-25-17-21(15-19-7-3-1-4-8-19)11-13-23(25)29-30-24-14-12-22(18-26(24)28)16-20-9-5-2-6-10-20/h1-14,17-18H,15-16H2. The molecule has 0 N–H and O–H groups in total. The smallest absolute Gasteiger partial charge is 0.262 e. The van der Waals surface area contributed by atoms with Crippen LogP contribution in [0.3, 0.4) is 0 Å². The monoisotopic (exact) mass is 432 g/mol. The number of hydrogen-bond donors (Lipinski definition) is 0. The summed E-state index contributed by atoms with van der Waals surface area (Å²) in [4.78, 5) is 0. The van der Waals surface area contributed by atoms with E-state index >= 15 is 0 Å². The van der Waals surface area contributed by atoms with Crippen LogP contribution in [0.25, 0.3) is 0 Å². The molecule has 0 bridgehead atoms. The molecule has 0 aliphatic carbocycles. The molecular weight excluding hydrogens is 412 g/mol. The van der Waals surface area contributed by atoms with Gasteiger partial charge in [-0.1, -0.05) is 60.7 Å². The molecule has 2 aromatic heterocycles. The molecule has 4 nitrogen and oxygen atoms in total. The Hall–Kier alpha value is -2.96. The van der Waals surface area contributed by atoms with Gasteiger partial charge in [-0.15, -0.1) is 0 Å². The fourth-order valence-electron chi connectivity index (χ4n) is 3.10. The van der Waals surface area contributed by atoms with Crippen LogP contribution in [0.2, 0.25) is 0 Å². The van der Waals surface area contributed by atoms with Crippen molar-refractivity contribution in [3.05, 3.63) is 130 Å². The van der Waals surface area contributed by atoms with E-state index in [2.05, 4.69) is 0 Å². The number of nitrogens with zero attached hydrogens (tertiary/aromatic N) is 2. The highest BCUT2D eigenvalue weighted by Gasteiger charge is 2.14. The highest BCUT2D eigenvalue weighted by atomic mass is 33.1. The van der Waals surface area contributed by atoms with Gasteiger partial charge >= 0.3 is 0 Å². The average Bonchev–Trinajstić information content (AvgIpc) is 2.76. The largest absolute Gasteiger partial charge is 0.618 e. The third kappa shape index (κ3) is 5.34. The molecule has 0 aliphatic rings. The van der Waals surface area contributed by atoms with Gasteiger partial charge < -0.3 is 10.4 Å². The SMILES string of the molecule is [O-][n+]1cc(Cc2ccccc2)ccc1SSc1ccc(Cc2ccccc2)c[n+]1[O-]. The van der Waals surface area contributed by atoms with E-state index in [0.717, 1.165) is 31.7 Å². The van der Waals surface area contributed by atoms with Gasteiger partial charge in [-0.25, -0.2) is 0 Å². The van der Waals surface area contributed by atoms with E-state index in [1.165, 1.54) is 21.6 Å². The molecule has 4 aromatic rings. The Morgan fingerprint density at radius 2 is 0.900 bits per heavy atom. The van der Waals surface area contributed by atoms with Gasteiger partial charge in [-0.2, -0.15) is 9.46 Å². The van der Waals surface area contributed by atoms with Crippen molar-refractivity contribution >= 4 is 21.6 Å². The van der Waals surface area contributed by atoms with Crippen molar-refractivity contribution in [3.8, 4) is 0 Å². The van der Waals surface area contributed by atoms with E-state index in [1.54, 1.807) is 12.4 Å². The maximum absolute atomic E-state index is 12.4. The first-order valence-electron chi connectivity index (χ1n) is 9.54. The molecule has 150 valence electrons. The third-order valence-corrected chi connectivity index (χ3v) is 6.93. The lowest BCUT2D eigenvalue weighted by Gasteiger charge is -2.08. The normalized spacial score (nSPS) is 10.8. The first kappa shape index (κ1) is 20.3. The molecule has 6 heteroatoms. The maximum Gasteiger partial charge on any atom is 0.262 e. The lowest BCUT2D eigenvalue weighted by Crippen LogP contribution is -2.30. The van der Waals surface area contributed by atoms with Crippen LogP contribution in [0.5, 0.6) is 0 Å². The van der Waals surface area contributed by atoms with E-state index in [-0.39, 0.29) is 0 Å². The summed E-state index contributed by atoms with van der Waals surface area (Å²) in [6.45, 7) is 0. The molecule has 2 aromatic carbocycles. The van der Waals surface area contributed by atoms with E-state index in [9.17, 15) is 10.4 Å². The van der Waals surface area contributed by atoms with E-state index in [0.29, 0.717) is 22.9 Å². The predicted octanol–water partition coefficient (Wildman–Crippen LogP) is 4.93. The molecule has 0 aliphatic heterocycles. The molecule has 0 spiro atoms. The van der Waals surface area contributed by atoms with Crippen LogP contribution in [0.4, 0.5) is 0 Å². The molecule has 0 radical (unpaired) electrons. The highest BCUT2D eigenvalue weighted by molar-refractivity contribution is 8.76. The van der Waals surface area contributed by atoms with Gasteiger partial charge in [0.25, 0.3) is 10.1 Å². The zero-order valence-electron chi connectivity index (χ0n) is 16.2. The predicted molar refractivity (Wildman–Crippen MR) is 121 cm³/mol. The zero-order valence-corrected chi connectivity index (χ0v) is 17.8. The van der Waals surface area contributed by atoms with Gasteiger partial charge in [-0.05, 0) is 23.3 Å². The van der Waals surface area contributed by atoms with Crippen LogP contribution in [0, 0.1) is 10.4 Å². The molecule has 0 saturated carbocycles. The molecular formula is C24H20N2O2S2.